The lowest BCUT2D eigenvalue weighted by molar-refractivity contribution is 0.0949. The minimum absolute atomic E-state index is 0.0473. The summed E-state index contributed by atoms with van der Waals surface area (Å²) in [6.07, 6.45) is 1.59. The first-order valence-corrected chi connectivity index (χ1v) is 5.58. The van der Waals surface area contributed by atoms with Crippen molar-refractivity contribution in [2.45, 2.75) is 13.8 Å². The van der Waals surface area contributed by atoms with Crippen molar-refractivity contribution in [2.75, 3.05) is 13.7 Å². The van der Waals surface area contributed by atoms with Crippen LogP contribution in [0, 0.1) is 5.92 Å². The van der Waals surface area contributed by atoms with Crippen LogP contribution in [-0.2, 0) is 4.84 Å². The highest BCUT2D eigenvalue weighted by molar-refractivity contribution is 5.94. The van der Waals surface area contributed by atoms with Crippen molar-refractivity contribution in [1.29, 1.82) is 0 Å². The molecule has 0 aromatic heterocycles. The number of carbonyl (C=O) groups excluding carboxylic acids is 1. The standard InChI is InChI=1S/C13H18N2O2/c1-10(2)8-14-13(16)12-6-4-11(5-7-12)9-15-17-3/h4-7,9-10H,8H2,1-3H3,(H,14,16)/b15-9+. The molecule has 1 N–H and O–H groups in total. The molecule has 0 unspecified atom stereocenters. The Morgan fingerprint density at radius 3 is 2.59 bits per heavy atom. The predicted molar refractivity (Wildman–Crippen MR) is 68.2 cm³/mol. The smallest absolute Gasteiger partial charge is 0.251 e. The van der Waals surface area contributed by atoms with Crippen LogP contribution >= 0.6 is 0 Å². The lowest BCUT2D eigenvalue weighted by Gasteiger charge is -2.07. The van der Waals surface area contributed by atoms with Gasteiger partial charge in [0.25, 0.3) is 5.91 Å². The van der Waals surface area contributed by atoms with E-state index in [-0.39, 0.29) is 5.91 Å². The molecule has 0 bridgehead atoms. The Kier molecular flexibility index (Phi) is 5.20. The van der Waals surface area contributed by atoms with Crippen LogP contribution < -0.4 is 5.32 Å². The van der Waals surface area contributed by atoms with Crippen LogP contribution in [0.2, 0.25) is 0 Å². The summed E-state index contributed by atoms with van der Waals surface area (Å²) in [5.74, 6) is 0.404. The molecule has 0 radical (unpaired) electrons. The van der Waals surface area contributed by atoms with E-state index in [0.717, 1.165) is 5.56 Å². The van der Waals surface area contributed by atoms with Crippen molar-refractivity contribution in [3.8, 4) is 0 Å². The second-order valence-corrected chi connectivity index (χ2v) is 4.14. The molecule has 0 heterocycles. The SMILES string of the molecule is CO/N=C/c1ccc(C(=O)NCC(C)C)cc1. The third kappa shape index (κ3) is 4.68. The Hall–Kier alpha value is -1.84. The molecular weight excluding hydrogens is 216 g/mol. The maximum Gasteiger partial charge on any atom is 0.251 e. The van der Waals surface area contributed by atoms with E-state index in [1.165, 1.54) is 7.11 Å². The van der Waals surface area contributed by atoms with Gasteiger partial charge in [0, 0.05) is 12.1 Å². The van der Waals surface area contributed by atoms with Crippen molar-refractivity contribution in [1.82, 2.24) is 5.32 Å². The monoisotopic (exact) mass is 234 g/mol. The van der Waals surface area contributed by atoms with E-state index in [0.29, 0.717) is 18.0 Å². The van der Waals surface area contributed by atoms with Gasteiger partial charge >= 0.3 is 0 Å². The molecule has 0 aliphatic carbocycles. The molecule has 0 spiro atoms. The number of nitrogens with zero attached hydrogens (tertiary/aromatic N) is 1. The van der Waals surface area contributed by atoms with Gasteiger partial charge in [-0.2, -0.15) is 0 Å². The number of oxime groups is 1. The molecule has 92 valence electrons. The van der Waals surface area contributed by atoms with Crippen LogP contribution in [0.4, 0.5) is 0 Å². The maximum absolute atomic E-state index is 11.7. The first-order valence-electron chi connectivity index (χ1n) is 5.58. The van der Waals surface area contributed by atoms with Crippen molar-refractivity contribution >= 4 is 12.1 Å². The molecule has 4 heteroatoms. The average Bonchev–Trinajstić information content (AvgIpc) is 2.34. The molecule has 0 aliphatic heterocycles. The van der Waals surface area contributed by atoms with Gasteiger partial charge in [0.1, 0.15) is 7.11 Å². The molecule has 1 aromatic carbocycles. The molecule has 1 aromatic rings. The zero-order valence-corrected chi connectivity index (χ0v) is 10.4. The summed E-state index contributed by atoms with van der Waals surface area (Å²) in [7, 11) is 1.49. The number of amides is 1. The molecule has 4 nitrogen and oxygen atoms in total. The third-order valence-corrected chi connectivity index (χ3v) is 2.15. The Labute approximate surface area is 102 Å². The average molecular weight is 234 g/mol. The van der Waals surface area contributed by atoms with Gasteiger partial charge in [-0.15, -0.1) is 0 Å². The fraction of sp³-hybridized carbons (Fsp3) is 0.385. The largest absolute Gasteiger partial charge is 0.399 e. The predicted octanol–water partition coefficient (Wildman–Crippen LogP) is 2.05. The number of benzene rings is 1. The minimum Gasteiger partial charge on any atom is -0.399 e. The normalized spacial score (nSPS) is 10.8. The molecule has 0 saturated heterocycles. The molecule has 0 fully saturated rings. The molecule has 0 saturated carbocycles. The maximum atomic E-state index is 11.7. The van der Waals surface area contributed by atoms with Gasteiger partial charge in [0.15, 0.2) is 0 Å². The molecule has 17 heavy (non-hydrogen) atoms. The minimum atomic E-state index is -0.0473. The zero-order chi connectivity index (χ0) is 12.7. The van der Waals surface area contributed by atoms with E-state index in [1.807, 2.05) is 12.1 Å². The first-order chi connectivity index (χ1) is 8.13. The van der Waals surface area contributed by atoms with Crippen LogP contribution in [0.3, 0.4) is 0 Å². The highest BCUT2D eigenvalue weighted by Gasteiger charge is 2.04. The Morgan fingerprint density at radius 1 is 1.41 bits per heavy atom. The van der Waals surface area contributed by atoms with Crippen LogP contribution in [0.5, 0.6) is 0 Å². The summed E-state index contributed by atoms with van der Waals surface area (Å²) in [5.41, 5.74) is 1.55. The third-order valence-electron chi connectivity index (χ3n) is 2.15. The number of rotatable bonds is 5. The quantitative estimate of drug-likeness (QED) is 0.626. The van der Waals surface area contributed by atoms with Crippen molar-refractivity contribution < 1.29 is 9.63 Å². The molecular formula is C13H18N2O2. The fourth-order valence-corrected chi connectivity index (χ4v) is 1.23. The Bertz CT molecular complexity index is 383. The number of hydrogen-bond acceptors (Lipinski definition) is 3. The summed E-state index contributed by atoms with van der Waals surface area (Å²) in [6, 6.07) is 7.19. The summed E-state index contributed by atoms with van der Waals surface area (Å²) in [4.78, 5) is 16.3. The fourth-order valence-electron chi connectivity index (χ4n) is 1.23. The van der Waals surface area contributed by atoms with E-state index < -0.39 is 0 Å². The van der Waals surface area contributed by atoms with Gasteiger partial charge in [-0.3, -0.25) is 4.79 Å². The highest BCUT2D eigenvalue weighted by atomic mass is 16.6. The van der Waals surface area contributed by atoms with Gasteiger partial charge in [-0.1, -0.05) is 31.1 Å². The second kappa shape index (κ2) is 6.68. The van der Waals surface area contributed by atoms with Crippen molar-refractivity contribution in [3.63, 3.8) is 0 Å². The lowest BCUT2D eigenvalue weighted by atomic mass is 10.1. The van der Waals surface area contributed by atoms with E-state index in [4.69, 9.17) is 0 Å². The van der Waals surface area contributed by atoms with E-state index in [2.05, 4.69) is 29.2 Å². The van der Waals surface area contributed by atoms with Gasteiger partial charge in [0.05, 0.1) is 6.21 Å². The number of nitrogens with one attached hydrogen (secondary N) is 1. The van der Waals surface area contributed by atoms with Crippen LogP contribution in [0.25, 0.3) is 0 Å². The van der Waals surface area contributed by atoms with E-state index in [1.54, 1.807) is 18.3 Å². The summed E-state index contributed by atoms with van der Waals surface area (Å²) >= 11 is 0. The van der Waals surface area contributed by atoms with E-state index in [9.17, 15) is 4.79 Å². The van der Waals surface area contributed by atoms with Gasteiger partial charge in [0.2, 0.25) is 0 Å². The molecule has 0 aliphatic rings. The first kappa shape index (κ1) is 13.2. The highest BCUT2D eigenvalue weighted by Crippen LogP contribution is 2.03. The van der Waals surface area contributed by atoms with Gasteiger partial charge in [-0.05, 0) is 23.6 Å². The van der Waals surface area contributed by atoms with Crippen molar-refractivity contribution in [2.24, 2.45) is 11.1 Å². The second-order valence-electron chi connectivity index (χ2n) is 4.14. The molecule has 1 rings (SSSR count). The zero-order valence-electron chi connectivity index (χ0n) is 10.4. The van der Waals surface area contributed by atoms with Gasteiger partial charge in [-0.25, -0.2) is 0 Å². The number of hydrogen-bond donors (Lipinski definition) is 1. The summed E-state index contributed by atoms with van der Waals surface area (Å²) in [5, 5.41) is 6.51. The van der Waals surface area contributed by atoms with E-state index >= 15 is 0 Å². The van der Waals surface area contributed by atoms with Crippen molar-refractivity contribution in [3.05, 3.63) is 35.4 Å². The van der Waals surface area contributed by atoms with Crippen LogP contribution in [0.15, 0.2) is 29.4 Å². The van der Waals surface area contributed by atoms with Crippen LogP contribution in [0.1, 0.15) is 29.8 Å². The summed E-state index contributed by atoms with van der Waals surface area (Å²) in [6.45, 7) is 4.81. The topological polar surface area (TPSA) is 50.7 Å². The van der Waals surface area contributed by atoms with Crippen LogP contribution in [-0.4, -0.2) is 25.8 Å². The molecule has 0 atom stereocenters. The summed E-state index contributed by atoms with van der Waals surface area (Å²) < 4.78 is 0. The van der Waals surface area contributed by atoms with Gasteiger partial charge < -0.3 is 10.2 Å². The Morgan fingerprint density at radius 2 is 2.06 bits per heavy atom. The Balaban J connectivity index is 2.60. The lowest BCUT2D eigenvalue weighted by Crippen LogP contribution is -2.27. The number of carbonyl (C=O) groups is 1. The molecule has 1 amide bonds.